The Morgan fingerprint density at radius 3 is 2.64 bits per heavy atom. The second-order valence-electron chi connectivity index (χ2n) is 14.3. The van der Waals surface area contributed by atoms with Crippen LogP contribution in [0, 0.1) is 28.6 Å². The number of amides is 1. The van der Waals surface area contributed by atoms with E-state index in [4.69, 9.17) is 18.6 Å². The molecule has 6 rings (SSSR count). The molecule has 1 aromatic heterocycles. The van der Waals surface area contributed by atoms with Crippen molar-refractivity contribution in [1.29, 1.82) is 0 Å². The van der Waals surface area contributed by atoms with Gasteiger partial charge in [-0.2, -0.15) is 0 Å². The maximum Gasteiger partial charge on any atom is 0.508 e. The molecule has 0 aromatic carbocycles. The van der Waals surface area contributed by atoms with E-state index in [9.17, 15) is 24.3 Å². The van der Waals surface area contributed by atoms with E-state index in [1.807, 2.05) is 4.90 Å². The summed E-state index contributed by atoms with van der Waals surface area (Å²) < 4.78 is 22.2. The van der Waals surface area contributed by atoms with Crippen molar-refractivity contribution in [1.82, 2.24) is 10.2 Å². The lowest BCUT2D eigenvalue weighted by Crippen LogP contribution is -2.62. The van der Waals surface area contributed by atoms with Crippen molar-refractivity contribution in [3.63, 3.8) is 0 Å². The maximum atomic E-state index is 12.7. The fourth-order valence-corrected chi connectivity index (χ4v) is 10.1. The molecule has 0 bridgehead atoms. The molecular weight excluding hydrogens is 568 g/mol. The van der Waals surface area contributed by atoms with Gasteiger partial charge in [0, 0.05) is 50.4 Å². The van der Waals surface area contributed by atoms with E-state index in [1.54, 1.807) is 6.07 Å². The summed E-state index contributed by atoms with van der Waals surface area (Å²) in [5.41, 5.74) is -1.27. The number of nitrogens with zero attached hydrogens (tertiary/aromatic N) is 1. The van der Waals surface area contributed by atoms with Crippen LogP contribution in [0.1, 0.15) is 83.6 Å². The summed E-state index contributed by atoms with van der Waals surface area (Å²) in [7, 11) is 0. The predicted octanol–water partition coefficient (Wildman–Crippen LogP) is 3.38. The number of esters is 1. The molecule has 4 aliphatic carbocycles. The molecule has 2 heterocycles. The number of rotatable bonds is 6. The van der Waals surface area contributed by atoms with Gasteiger partial charge in [-0.25, -0.2) is 9.59 Å². The quantitative estimate of drug-likeness (QED) is 0.458. The number of piperazine rings is 1. The highest BCUT2D eigenvalue weighted by Crippen LogP contribution is 2.71. The fourth-order valence-electron chi connectivity index (χ4n) is 10.1. The highest BCUT2D eigenvalue weighted by Gasteiger charge is 2.70. The molecule has 5 fully saturated rings. The second kappa shape index (κ2) is 11.8. The molecular formula is C33H46N2O9. The van der Waals surface area contributed by atoms with E-state index >= 15 is 0 Å². The smallest absolute Gasteiger partial charge is 0.462 e. The number of fused-ring (bicyclic) bond motifs is 5. The lowest BCUT2D eigenvalue weighted by atomic mass is 9.43. The van der Waals surface area contributed by atoms with E-state index in [1.165, 1.54) is 19.3 Å². The molecule has 242 valence electrons. The largest absolute Gasteiger partial charge is 0.508 e. The Kier molecular flexibility index (Phi) is 8.32. The summed E-state index contributed by atoms with van der Waals surface area (Å²) in [6.45, 7) is 8.20. The molecule has 0 spiro atoms. The van der Waals surface area contributed by atoms with Crippen LogP contribution in [0.5, 0.6) is 0 Å². The van der Waals surface area contributed by atoms with Gasteiger partial charge in [0.05, 0.1) is 18.4 Å². The molecule has 4 saturated carbocycles. The Hall–Kier alpha value is -2.92. The van der Waals surface area contributed by atoms with Crippen LogP contribution in [0.25, 0.3) is 0 Å². The van der Waals surface area contributed by atoms with Crippen LogP contribution in [0.2, 0.25) is 0 Å². The van der Waals surface area contributed by atoms with Gasteiger partial charge in [0.1, 0.15) is 18.8 Å². The van der Waals surface area contributed by atoms with Gasteiger partial charge >= 0.3 is 17.8 Å². The summed E-state index contributed by atoms with van der Waals surface area (Å²) in [4.78, 5) is 49.9. The molecule has 1 aliphatic heterocycles. The Morgan fingerprint density at radius 1 is 1.09 bits per heavy atom. The van der Waals surface area contributed by atoms with Gasteiger partial charge in [-0.05, 0) is 79.7 Å². The number of hydrogen-bond acceptors (Lipinski definition) is 10. The van der Waals surface area contributed by atoms with Gasteiger partial charge in [0.25, 0.3) is 0 Å². The predicted molar refractivity (Wildman–Crippen MR) is 158 cm³/mol. The second-order valence-corrected chi connectivity index (χ2v) is 14.3. The summed E-state index contributed by atoms with van der Waals surface area (Å²) in [5.74, 6) is 0.0112. The van der Waals surface area contributed by atoms with E-state index in [-0.39, 0.29) is 41.8 Å². The monoisotopic (exact) mass is 614 g/mol. The lowest BCUT2D eigenvalue weighted by molar-refractivity contribution is -0.206. The normalized spacial score (nSPS) is 40.1. The highest BCUT2D eigenvalue weighted by atomic mass is 16.7. The lowest BCUT2D eigenvalue weighted by Gasteiger charge is -2.63. The SMILES string of the molecule is CC(=O)OC1CC2(O)C3CCC4CC(OC(=O)OCCN5CCNC(=O)C5)CCC4(C)C3CCC2(C)C1c1ccc(=O)oc1. The van der Waals surface area contributed by atoms with Gasteiger partial charge in [0.15, 0.2) is 0 Å². The molecule has 44 heavy (non-hydrogen) atoms. The van der Waals surface area contributed by atoms with E-state index in [0.29, 0.717) is 37.9 Å². The van der Waals surface area contributed by atoms with Crippen LogP contribution >= 0.6 is 0 Å². The van der Waals surface area contributed by atoms with Crippen molar-refractivity contribution in [2.75, 3.05) is 32.8 Å². The topological polar surface area (TPSA) is 145 Å². The van der Waals surface area contributed by atoms with Crippen LogP contribution in [0.3, 0.4) is 0 Å². The van der Waals surface area contributed by atoms with Crippen LogP contribution < -0.4 is 10.9 Å². The van der Waals surface area contributed by atoms with Crippen molar-refractivity contribution in [2.45, 2.75) is 95.9 Å². The van der Waals surface area contributed by atoms with E-state index in [0.717, 1.165) is 57.1 Å². The summed E-state index contributed by atoms with van der Waals surface area (Å²) in [5, 5.41) is 15.5. The van der Waals surface area contributed by atoms with Gasteiger partial charge in [-0.1, -0.05) is 13.8 Å². The highest BCUT2D eigenvalue weighted by molar-refractivity contribution is 5.78. The molecule has 1 amide bonds. The molecule has 2 N–H and O–H groups in total. The zero-order chi connectivity index (χ0) is 31.3. The molecule has 9 unspecified atom stereocenters. The van der Waals surface area contributed by atoms with Crippen LogP contribution in [0.15, 0.2) is 27.6 Å². The van der Waals surface area contributed by atoms with Crippen LogP contribution in [0.4, 0.5) is 4.79 Å². The first kappa shape index (κ1) is 31.1. The molecule has 11 nitrogen and oxygen atoms in total. The number of carbonyl (C=O) groups excluding carboxylic acids is 3. The van der Waals surface area contributed by atoms with Crippen molar-refractivity contribution < 1.29 is 38.1 Å². The number of hydrogen-bond donors (Lipinski definition) is 2. The summed E-state index contributed by atoms with van der Waals surface area (Å²) in [6, 6.07) is 3.14. The molecule has 1 aromatic rings. The first-order valence-electron chi connectivity index (χ1n) is 16.2. The Labute approximate surface area is 258 Å². The van der Waals surface area contributed by atoms with Crippen molar-refractivity contribution in [2.24, 2.45) is 28.6 Å². The standard InChI is InChI=1S/C33H46N2O9/c1-20(36)43-26-17-33(40)25-6-5-22-16-23(44-30(39)41-15-14-35-13-12-34-27(37)18-35)8-10-31(22,2)24(25)9-11-32(33,3)29(26)21-4-7-28(38)42-19-21/h4,7,19,22-26,29,40H,5-6,8-18H2,1-3H3,(H,34,37). The van der Waals surface area contributed by atoms with Crippen LogP contribution in [-0.2, 0) is 23.8 Å². The average Bonchev–Trinajstić information content (AvgIpc) is 3.19. The van der Waals surface area contributed by atoms with Gasteiger partial charge in [0.2, 0.25) is 5.91 Å². The summed E-state index contributed by atoms with van der Waals surface area (Å²) in [6.07, 6.45) is 6.35. The van der Waals surface area contributed by atoms with Gasteiger partial charge < -0.3 is 29.1 Å². The molecule has 0 radical (unpaired) electrons. The third kappa shape index (κ3) is 5.44. The third-order valence-electron chi connectivity index (χ3n) is 12.2. The molecule has 9 atom stereocenters. The number of nitrogens with one attached hydrogen (secondary N) is 1. The number of ether oxygens (including phenoxy) is 3. The number of carbonyl (C=O) groups is 3. The first-order chi connectivity index (χ1) is 20.9. The minimum atomic E-state index is -1.04. The average molecular weight is 615 g/mol. The van der Waals surface area contributed by atoms with Gasteiger partial charge in [-0.15, -0.1) is 0 Å². The molecule has 11 heteroatoms. The Morgan fingerprint density at radius 2 is 1.91 bits per heavy atom. The maximum absolute atomic E-state index is 12.7. The van der Waals surface area contributed by atoms with E-state index in [2.05, 4.69) is 19.2 Å². The van der Waals surface area contributed by atoms with Crippen molar-refractivity contribution in [3.8, 4) is 0 Å². The molecule has 1 saturated heterocycles. The summed E-state index contributed by atoms with van der Waals surface area (Å²) >= 11 is 0. The van der Waals surface area contributed by atoms with Crippen molar-refractivity contribution >= 4 is 18.0 Å². The minimum Gasteiger partial charge on any atom is -0.462 e. The van der Waals surface area contributed by atoms with E-state index < -0.39 is 28.9 Å². The Bertz CT molecular complexity index is 1310. The third-order valence-corrected chi connectivity index (χ3v) is 12.2. The fraction of sp³-hybridized carbons (Fsp3) is 0.758. The minimum absolute atomic E-state index is 0.00681. The van der Waals surface area contributed by atoms with Crippen molar-refractivity contribution in [3.05, 3.63) is 34.4 Å². The van der Waals surface area contributed by atoms with Crippen LogP contribution in [-0.4, -0.2) is 78.6 Å². The Balaban J connectivity index is 1.12. The zero-order valence-electron chi connectivity index (χ0n) is 26.0. The first-order valence-corrected chi connectivity index (χ1v) is 16.2. The number of aliphatic hydroxyl groups is 1. The molecule has 5 aliphatic rings. The van der Waals surface area contributed by atoms with Gasteiger partial charge in [-0.3, -0.25) is 14.5 Å². The zero-order valence-corrected chi connectivity index (χ0v) is 26.0.